The Morgan fingerprint density at radius 2 is 0.535 bits per heavy atom. The van der Waals surface area contributed by atoms with Gasteiger partial charge < -0.3 is 33.3 Å². The van der Waals surface area contributed by atoms with Gasteiger partial charge in [0.15, 0.2) is 12.4 Å². The molecule has 0 N–H and O–H groups in total. The zero-order valence-corrected chi connectivity index (χ0v) is 65.5. The molecule has 0 rings (SSSR count). The fourth-order valence-electron chi connectivity index (χ4n) is 11.0. The highest BCUT2D eigenvalue weighted by Gasteiger charge is 2.22. The summed E-state index contributed by atoms with van der Waals surface area (Å²) in [7, 11) is 5.93. The molecule has 0 heterocycles. The van der Waals surface area contributed by atoms with E-state index in [2.05, 4.69) is 196 Å². The number of carbonyl (C=O) groups is 3. The molecular formula is C92H151NO8. The van der Waals surface area contributed by atoms with Crippen molar-refractivity contribution >= 4 is 17.9 Å². The van der Waals surface area contributed by atoms with Gasteiger partial charge in [0.25, 0.3) is 0 Å². The molecule has 0 fully saturated rings. The predicted octanol–water partition coefficient (Wildman–Crippen LogP) is 25.4. The van der Waals surface area contributed by atoms with Gasteiger partial charge in [0, 0.05) is 12.8 Å². The van der Waals surface area contributed by atoms with Crippen LogP contribution in [0.1, 0.15) is 322 Å². The van der Waals surface area contributed by atoms with E-state index in [4.69, 9.17) is 18.9 Å². The molecule has 0 aliphatic carbocycles. The molecule has 0 spiro atoms. The van der Waals surface area contributed by atoms with Crippen LogP contribution in [0.4, 0.5) is 0 Å². The number of carbonyl (C=O) groups excluding carboxylic acids is 3. The number of carboxylic acids is 1. The number of rotatable bonds is 74. The van der Waals surface area contributed by atoms with E-state index in [1.54, 1.807) is 0 Å². The lowest BCUT2D eigenvalue weighted by atomic mass is 10.0. The van der Waals surface area contributed by atoms with Crippen molar-refractivity contribution in [2.45, 2.75) is 334 Å². The van der Waals surface area contributed by atoms with Gasteiger partial charge in [0.05, 0.1) is 40.3 Å². The highest BCUT2D eigenvalue weighted by atomic mass is 16.7. The highest BCUT2D eigenvalue weighted by molar-refractivity contribution is 5.70. The minimum atomic E-state index is -1.64. The molecule has 9 heteroatoms. The first-order valence-corrected chi connectivity index (χ1v) is 40.9. The second-order valence-corrected chi connectivity index (χ2v) is 27.9. The van der Waals surface area contributed by atoms with Crippen molar-refractivity contribution in [3.8, 4) is 0 Å². The van der Waals surface area contributed by atoms with Gasteiger partial charge in [0.1, 0.15) is 13.2 Å². The van der Waals surface area contributed by atoms with E-state index >= 15 is 0 Å². The van der Waals surface area contributed by atoms with Crippen molar-refractivity contribution < 1.29 is 42.9 Å². The Balaban J connectivity index is 4.07. The number of hydrogen-bond acceptors (Lipinski definition) is 8. The summed E-state index contributed by atoms with van der Waals surface area (Å²) >= 11 is 0. The fourth-order valence-corrected chi connectivity index (χ4v) is 11.0. The molecule has 2 atom stereocenters. The smallest absolute Gasteiger partial charge is 0.306 e. The number of hydrogen-bond donors (Lipinski definition) is 0. The molecule has 0 saturated carbocycles. The zero-order chi connectivity index (χ0) is 73.2. The monoisotopic (exact) mass is 1400 g/mol. The van der Waals surface area contributed by atoms with E-state index < -0.39 is 24.3 Å². The molecule has 0 amide bonds. The van der Waals surface area contributed by atoms with E-state index in [1.807, 2.05) is 21.1 Å². The van der Waals surface area contributed by atoms with Crippen LogP contribution in [0.5, 0.6) is 0 Å². The molecule has 0 aromatic rings. The molecule has 0 saturated heterocycles. The number of unbranched alkanes of at least 4 members (excludes halogenated alkanes) is 29. The van der Waals surface area contributed by atoms with Crippen molar-refractivity contribution in [2.75, 3.05) is 47.5 Å². The predicted molar refractivity (Wildman–Crippen MR) is 435 cm³/mol. The largest absolute Gasteiger partial charge is 0.545 e. The number of ether oxygens (including phenoxy) is 4. The number of allylic oxidation sites excluding steroid dienone is 30. The summed E-state index contributed by atoms with van der Waals surface area (Å²) in [6.07, 6.45) is 119. The first-order chi connectivity index (χ1) is 49.6. The molecule has 0 aliphatic heterocycles. The van der Waals surface area contributed by atoms with Gasteiger partial charge >= 0.3 is 11.9 Å². The van der Waals surface area contributed by atoms with Crippen LogP contribution in [-0.2, 0) is 33.3 Å². The van der Waals surface area contributed by atoms with E-state index in [0.717, 1.165) is 141 Å². The Morgan fingerprint density at radius 1 is 0.297 bits per heavy atom. The average Bonchev–Trinajstić information content (AvgIpc) is 1.25. The lowest BCUT2D eigenvalue weighted by Gasteiger charge is -2.26. The van der Waals surface area contributed by atoms with Crippen molar-refractivity contribution in [2.24, 2.45) is 0 Å². The Kier molecular flexibility index (Phi) is 75.6. The van der Waals surface area contributed by atoms with E-state index in [-0.39, 0.29) is 38.6 Å². The summed E-state index contributed by atoms with van der Waals surface area (Å²) in [5.74, 6) is -2.30. The summed E-state index contributed by atoms with van der Waals surface area (Å²) < 4.78 is 22.8. The third kappa shape index (κ3) is 81.6. The van der Waals surface area contributed by atoms with Crippen LogP contribution in [-0.4, -0.2) is 82.3 Å². The molecule has 0 aliphatic rings. The van der Waals surface area contributed by atoms with Crippen LogP contribution in [0, 0.1) is 0 Å². The van der Waals surface area contributed by atoms with Gasteiger partial charge in [-0.3, -0.25) is 9.59 Å². The van der Waals surface area contributed by atoms with Gasteiger partial charge in [-0.25, -0.2) is 0 Å². The average molecular weight is 1400 g/mol. The summed E-state index contributed by atoms with van der Waals surface area (Å²) in [6, 6.07) is 0. The van der Waals surface area contributed by atoms with Crippen LogP contribution in [0.25, 0.3) is 0 Å². The summed E-state index contributed by atoms with van der Waals surface area (Å²) in [5.41, 5.74) is 0. The van der Waals surface area contributed by atoms with Gasteiger partial charge in [-0.15, -0.1) is 0 Å². The molecule has 0 bridgehead atoms. The highest BCUT2D eigenvalue weighted by Crippen LogP contribution is 2.18. The normalized spacial score (nSPS) is 13.6. The van der Waals surface area contributed by atoms with Crippen molar-refractivity contribution in [1.82, 2.24) is 0 Å². The van der Waals surface area contributed by atoms with Crippen molar-refractivity contribution in [3.63, 3.8) is 0 Å². The number of esters is 2. The minimum Gasteiger partial charge on any atom is -0.545 e. The fraction of sp³-hybridized carbons (Fsp3) is 0.641. The topological polar surface area (TPSA) is 111 Å². The Labute approximate surface area is 621 Å². The standard InChI is InChI=1S/C92H151NO8/c1-6-8-10-12-14-16-18-20-22-24-26-28-30-32-34-36-38-40-42-43-44-45-46-47-49-50-52-54-56-58-60-62-64-66-68-70-72-74-76-78-80-82-89(94)99-86-88(87-100-92(91(96)97)98-85-84-93(3,4)5)101-90(95)83-81-79-77-75-73-71-69-67-65-63-61-59-57-55-53-51-48-41-39-37-35-33-31-29-27-25-23-21-19-17-15-13-11-9-7-2/h8-11,14-17,20-23,26-29,32-35,38-41,51,53,57,59,63,65,88,92H,6-7,12-13,18-19,24-25,30-31,36-37,42-50,52,54-56,58,60-62,64,66-87H2,1-5H3/b10-8-,11-9-,16-14-,17-15-,22-20-,23-21-,28-26-,29-27-,34-32-,35-33-,40-38-,41-39-,53-51-,59-57-,65-63-. The summed E-state index contributed by atoms with van der Waals surface area (Å²) in [6.45, 7) is 4.51. The van der Waals surface area contributed by atoms with Gasteiger partial charge in [-0.05, 0) is 135 Å². The molecular weight excluding hydrogens is 1250 g/mol. The van der Waals surface area contributed by atoms with Gasteiger partial charge in [0.2, 0.25) is 0 Å². The van der Waals surface area contributed by atoms with Gasteiger partial charge in [-0.2, -0.15) is 0 Å². The molecule has 101 heavy (non-hydrogen) atoms. The van der Waals surface area contributed by atoms with Crippen LogP contribution in [0.3, 0.4) is 0 Å². The lowest BCUT2D eigenvalue weighted by molar-refractivity contribution is -0.870. The third-order valence-corrected chi connectivity index (χ3v) is 17.1. The van der Waals surface area contributed by atoms with Crippen LogP contribution < -0.4 is 5.11 Å². The number of quaternary nitrogens is 1. The number of carboxylic acid groups (broad SMARTS) is 1. The maximum atomic E-state index is 13.0. The maximum Gasteiger partial charge on any atom is 0.306 e. The van der Waals surface area contributed by atoms with Gasteiger partial charge in [-0.1, -0.05) is 357 Å². The molecule has 572 valence electrons. The first-order valence-electron chi connectivity index (χ1n) is 40.9. The first kappa shape index (κ1) is 95.4. The van der Waals surface area contributed by atoms with Crippen LogP contribution in [0.15, 0.2) is 182 Å². The SMILES string of the molecule is CC/C=C\C/C=C\C/C=C\C/C=C\C/C=C\C/C=C\C/C=C\C/C=C\C/C=C\CCCCCCCCCC(=O)OC(COC(=O)CCCCCCCCCCCCCCCCCCCCCCCC/C=C\C/C=C\C/C=C\C/C=C\C/C=C\C/C=C\CC)COC(OCC[N+](C)(C)C)C(=O)[O-]. The molecule has 2 unspecified atom stereocenters. The van der Waals surface area contributed by atoms with Crippen LogP contribution >= 0.6 is 0 Å². The number of aliphatic carboxylic acids is 1. The van der Waals surface area contributed by atoms with Crippen molar-refractivity contribution in [1.29, 1.82) is 0 Å². The van der Waals surface area contributed by atoms with Crippen molar-refractivity contribution in [3.05, 3.63) is 182 Å². The van der Waals surface area contributed by atoms with E-state index in [9.17, 15) is 19.5 Å². The molecule has 0 aromatic heterocycles. The maximum absolute atomic E-state index is 13.0. The summed E-state index contributed by atoms with van der Waals surface area (Å²) in [4.78, 5) is 37.6. The number of likely N-dealkylation sites (N-methyl/N-ethyl adjacent to an activating group) is 1. The zero-order valence-electron chi connectivity index (χ0n) is 65.5. The molecule has 0 aromatic carbocycles. The van der Waals surface area contributed by atoms with E-state index in [0.29, 0.717) is 17.4 Å². The number of nitrogens with zero attached hydrogens (tertiary/aromatic N) is 1. The Morgan fingerprint density at radius 3 is 0.792 bits per heavy atom. The second kappa shape index (κ2) is 80.1. The molecule has 9 nitrogen and oxygen atoms in total. The second-order valence-electron chi connectivity index (χ2n) is 27.9. The lowest BCUT2D eigenvalue weighted by Crippen LogP contribution is -2.44. The quantitative estimate of drug-likeness (QED) is 0.0195. The summed E-state index contributed by atoms with van der Waals surface area (Å²) in [5, 5.41) is 11.9. The third-order valence-electron chi connectivity index (χ3n) is 17.1. The minimum absolute atomic E-state index is 0.138. The van der Waals surface area contributed by atoms with Crippen LogP contribution in [0.2, 0.25) is 0 Å². The van der Waals surface area contributed by atoms with E-state index in [1.165, 1.54) is 148 Å². The Bertz CT molecular complexity index is 2330. The molecule has 0 radical (unpaired) electrons. The Hall–Kier alpha value is -5.61.